The van der Waals surface area contributed by atoms with Crippen LogP contribution in [-0.4, -0.2) is 43.1 Å². The van der Waals surface area contributed by atoms with Crippen molar-refractivity contribution < 1.29 is 0 Å². The van der Waals surface area contributed by atoms with E-state index >= 15 is 0 Å². The third kappa shape index (κ3) is 3.96. The normalized spacial score (nSPS) is 11.2. The van der Waals surface area contributed by atoms with Gasteiger partial charge in [0.25, 0.3) is 0 Å². The fraction of sp³-hybridized carbons (Fsp3) is 0.667. The first-order valence-electron chi connectivity index (χ1n) is 6.97. The largest absolute Gasteiger partial charge is 0.315 e. The van der Waals surface area contributed by atoms with Crippen LogP contribution in [0.2, 0.25) is 5.02 Å². The maximum Gasteiger partial charge on any atom is 0.209 e. The van der Waals surface area contributed by atoms with Gasteiger partial charge in [0.15, 0.2) is 0 Å². The van der Waals surface area contributed by atoms with Crippen LogP contribution in [0.4, 0.5) is 0 Å². The van der Waals surface area contributed by atoms with Gasteiger partial charge in [0.05, 0.1) is 23.0 Å². The summed E-state index contributed by atoms with van der Waals surface area (Å²) in [6.45, 7) is 6.66. The quantitative estimate of drug-likeness (QED) is 0.585. The molecule has 0 radical (unpaired) electrons. The molecule has 2 heterocycles. The lowest BCUT2D eigenvalue weighted by Crippen LogP contribution is -2.20. The van der Waals surface area contributed by atoms with Gasteiger partial charge in [0, 0.05) is 19.3 Å². The molecule has 7 nitrogen and oxygen atoms in total. The number of nitrogens with zero attached hydrogens (tertiary/aromatic N) is 6. The van der Waals surface area contributed by atoms with E-state index < -0.39 is 0 Å². The Balaban J connectivity index is 2.00. The van der Waals surface area contributed by atoms with Crippen LogP contribution in [0, 0.1) is 0 Å². The van der Waals surface area contributed by atoms with E-state index in [0.717, 1.165) is 47.6 Å². The van der Waals surface area contributed by atoms with Crippen molar-refractivity contribution in [1.29, 1.82) is 0 Å². The molecule has 116 valence electrons. The maximum absolute atomic E-state index is 6.35. The first kappa shape index (κ1) is 16.3. The second-order valence-corrected chi connectivity index (χ2v) is 5.83. The fourth-order valence-electron chi connectivity index (χ4n) is 1.91. The SMILES string of the molecule is CCNCCn1nnnc1SCc1c(Cl)c(CC)nn1C. The van der Waals surface area contributed by atoms with Gasteiger partial charge in [-0.3, -0.25) is 4.68 Å². The average molecular weight is 330 g/mol. The molecule has 1 N–H and O–H groups in total. The number of thioether (sulfide) groups is 1. The van der Waals surface area contributed by atoms with Gasteiger partial charge in [0.2, 0.25) is 5.16 Å². The summed E-state index contributed by atoms with van der Waals surface area (Å²) in [6.07, 6.45) is 0.831. The zero-order chi connectivity index (χ0) is 15.2. The highest BCUT2D eigenvalue weighted by Crippen LogP contribution is 2.27. The standard InChI is InChI=1S/C12H20ClN7S/c1-4-9-11(13)10(19(3)16-9)8-21-12-15-17-18-20(12)7-6-14-5-2/h14H,4-8H2,1-3H3. The Kier molecular flexibility index (Phi) is 6.01. The third-order valence-corrected chi connectivity index (χ3v) is 4.50. The lowest BCUT2D eigenvalue weighted by atomic mass is 10.3. The van der Waals surface area contributed by atoms with Gasteiger partial charge in [-0.2, -0.15) is 5.10 Å². The molecule has 0 saturated heterocycles. The second kappa shape index (κ2) is 7.77. The Bertz CT molecular complexity index is 580. The van der Waals surface area contributed by atoms with Crippen LogP contribution in [-0.2, 0) is 25.8 Å². The molecule has 2 aromatic rings. The number of likely N-dealkylation sites (N-methyl/N-ethyl adjacent to an activating group) is 1. The number of tetrazole rings is 1. The van der Waals surface area contributed by atoms with Crippen LogP contribution in [0.5, 0.6) is 0 Å². The molecule has 0 atom stereocenters. The van der Waals surface area contributed by atoms with Crippen LogP contribution in [0.1, 0.15) is 25.2 Å². The lowest BCUT2D eigenvalue weighted by Gasteiger charge is -2.05. The molecule has 0 bridgehead atoms. The number of hydrogen-bond donors (Lipinski definition) is 1. The molecule has 2 rings (SSSR count). The van der Waals surface area contributed by atoms with Gasteiger partial charge >= 0.3 is 0 Å². The first-order chi connectivity index (χ1) is 10.2. The van der Waals surface area contributed by atoms with E-state index in [4.69, 9.17) is 11.6 Å². The minimum atomic E-state index is 0.698. The summed E-state index contributed by atoms with van der Waals surface area (Å²) in [6, 6.07) is 0. The van der Waals surface area contributed by atoms with Gasteiger partial charge in [-0.05, 0) is 23.4 Å². The Morgan fingerprint density at radius 2 is 2.14 bits per heavy atom. The lowest BCUT2D eigenvalue weighted by molar-refractivity contribution is 0.517. The Labute approximate surface area is 133 Å². The van der Waals surface area contributed by atoms with Gasteiger partial charge in [-0.1, -0.05) is 37.2 Å². The number of aromatic nitrogens is 6. The van der Waals surface area contributed by atoms with Crippen LogP contribution in [0.25, 0.3) is 0 Å². The van der Waals surface area contributed by atoms with E-state index in [1.165, 1.54) is 0 Å². The van der Waals surface area contributed by atoms with Gasteiger partial charge in [0.1, 0.15) is 0 Å². The van der Waals surface area contributed by atoms with Gasteiger partial charge < -0.3 is 5.32 Å². The summed E-state index contributed by atoms with van der Waals surface area (Å²) in [4.78, 5) is 0. The molecule has 0 fully saturated rings. The molecule has 0 aromatic carbocycles. The predicted octanol–water partition coefficient (Wildman–Crippen LogP) is 1.52. The van der Waals surface area contributed by atoms with Crippen LogP contribution in [0.15, 0.2) is 5.16 Å². The minimum absolute atomic E-state index is 0.698. The highest BCUT2D eigenvalue weighted by atomic mass is 35.5. The third-order valence-electron chi connectivity index (χ3n) is 3.09. The summed E-state index contributed by atoms with van der Waals surface area (Å²) in [5.74, 6) is 0.698. The number of nitrogens with one attached hydrogen (secondary N) is 1. The van der Waals surface area contributed by atoms with Gasteiger partial charge in [-0.15, -0.1) is 5.10 Å². The van der Waals surface area contributed by atoms with Crippen LogP contribution < -0.4 is 5.32 Å². The van der Waals surface area contributed by atoms with Crippen molar-refractivity contribution in [1.82, 2.24) is 35.3 Å². The molecule has 0 aliphatic carbocycles. The molecule has 21 heavy (non-hydrogen) atoms. The summed E-state index contributed by atoms with van der Waals surface area (Å²) in [7, 11) is 1.91. The maximum atomic E-state index is 6.35. The minimum Gasteiger partial charge on any atom is -0.315 e. The van der Waals surface area contributed by atoms with E-state index in [9.17, 15) is 0 Å². The molecule has 0 saturated carbocycles. The monoisotopic (exact) mass is 329 g/mol. The van der Waals surface area contributed by atoms with Crippen molar-refractivity contribution in [3.63, 3.8) is 0 Å². The van der Waals surface area contributed by atoms with E-state index in [1.807, 2.05) is 18.7 Å². The van der Waals surface area contributed by atoms with Crippen LogP contribution in [0.3, 0.4) is 0 Å². The predicted molar refractivity (Wildman–Crippen MR) is 83.5 cm³/mol. The average Bonchev–Trinajstić information content (AvgIpc) is 3.02. The molecule has 0 unspecified atom stereocenters. The Hall–Kier alpha value is -1.12. The Morgan fingerprint density at radius 1 is 1.33 bits per heavy atom. The van der Waals surface area contributed by atoms with E-state index in [0.29, 0.717) is 5.75 Å². The van der Waals surface area contributed by atoms with Crippen molar-refractivity contribution in [3.05, 3.63) is 16.4 Å². The van der Waals surface area contributed by atoms with Crippen molar-refractivity contribution >= 4 is 23.4 Å². The van der Waals surface area contributed by atoms with Crippen molar-refractivity contribution in [2.45, 2.75) is 37.7 Å². The molecule has 9 heteroatoms. The zero-order valence-electron chi connectivity index (χ0n) is 12.5. The molecular weight excluding hydrogens is 310 g/mol. The summed E-state index contributed by atoms with van der Waals surface area (Å²) >= 11 is 7.92. The summed E-state index contributed by atoms with van der Waals surface area (Å²) in [5, 5.41) is 21.0. The van der Waals surface area contributed by atoms with Crippen molar-refractivity contribution in [2.24, 2.45) is 7.05 Å². The molecule has 0 aliphatic rings. The van der Waals surface area contributed by atoms with E-state index in [2.05, 4.69) is 32.9 Å². The smallest absolute Gasteiger partial charge is 0.209 e. The molecule has 0 amide bonds. The molecular formula is C12H20ClN7S. The highest BCUT2D eigenvalue weighted by Gasteiger charge is 2.15. The Morgan fingerprint density at radius 3 is 2.81 bits per heavy atom. The van der Waals surface area contributed by atoms with Crippen LogP contribution >= 0.6 is 23.4 Å². The van der Waals surface area contributed by atoms with Crippen molar-refractivity contribution in [3.8, 4) is 0 Å². The fourth-order valence-corrected chi connectivity index (χ4v) is 3.32. The van der Waals surface area contributed by atoms with Crippen molar-refractivity contribution in [2.75, 3.05) is 13.1 Å². The molecule has 0 aliphatic heterocycles. The zero-order valence-corrected chi connectivity index (χ0v) is 14.1. The first-order valence-corrected chi connectivity index (χ1v) is 8.33. The topological polar surface area (TPSA) is 73.5 Å². The van der Waals surface area contributed by atoms with Gasteiger partial charge in [-0.25, -0.2) is 4.68 Å². The molecule has 0 spiro atoms. The van der Waals surface area contributed by atoms with E-state index in [1.54, 1.807) is 16.4 Å². The highest BCUT2D eigenvalue weighted by molar-refractivity contribution is 7.98. The summed E-state index contributed by atoms with van der Waals surface area (Å²) in [5.41, 5.74) is 1.93. The summed E-state index contributed by atoms with van der Waals surface area (Å²) < 4.78 is 3.64. The van der Waals surface area contributed by atoms with E-state index in [-0.39, 0.29) is 0 Å². The number of halogens is 1. The number of hydrogen-bond acceptors (Lipinski definition) is 6. The number of rotatable bonds is 8. The molecule has 2 aromatic heterocycles. The second-order valence-electron chi connectivity index (χ2n) is 4.51. The number of aryl methyl sites for hydroxylation is 2.